The molecule has 0 aliphatic rings. The molecule has 0 bridgehead atoms. The summed E-state index contributed by atoms with van der Waals surface area (Å²) in [5.74, 6) is 0. The van der Waals surface area contributed by atoms with Crippen LogP contribution in [0.25, 0.3) is 0 Å². The van der Waals surface area contributed by atoms with E-state index in [1.54, 1.807) is 12.1 Å². The molecule has 0 aliphatic heterocycles. The summed E-state index contributed by atoms with van der Waals surface area (Å²) in [7, 11) is -3.52. The average Bonchev–Trinajstić information content (AvgIpc) is 2.38. The number of sulfonamides is 1. The van der Waals surface area contributed by atoms with Gasteiger partial charge in [-0.05, 0) is 44.6 Å². The SMILES string of the molecule is CCN(CC)CC(C)NS(=O)(=O)c1ccc(C)c(N)c1. The quantitative estimate of drug-likeness (QED) is 0.750. The highest BCUT2D eigenvalue weighted by Gasteiger charge is 2.19. The zero-order valence-electron chi connectivity index (χ0n) is 12.7. The molecule has 0 heterocycles. The lowest BCUT2D eigenvalue weighted by atomic mass is 10.2. The van der Waals surface area contributed by atoms with E-state index in [2.05, 4.69) is 23.5 Å². The molecule has 0 aliphatic carbocycles. The second kappa shape index (κ2) is 7.06. The maximum atomic E-state index is 12.3. The smallest absolute Gasteiger partial charge is 0.240 e. The van der Waals surface area contributed by atoms with Gasteiger partial charge in [-0.3, -0.25) is 0 Å². The molecule has 1 rings (SSSR count). The molecular formula is C14H25N3O2S. The van der Waals surface area contributed by atoms with Crippen LogP contribution in [0.1, 0.15) is 26.3 Å². The van der Waals surface area contributed by atoms with Crippen molar-refractivity contribution in [1.29, 1.82) is 0 Å². The van der Waals surface area contributed by atoms with Crippen LogP contribution in [-0.2, 0) is 10.0 Å². The van der Waals surface area contributed by atoms with Gasteiger partial charge in [0.2, 0.25) is 10.0 Å². The number of benzene rings is 1. The van der Waals surface area contributed by atoms with Crippen LogP contribution >= 0.6 is 0 Å². The van der Waals surface area contributed by atoms with Gasteiger partial charge in [-0.15, -0.1) is 0 Å². The Morgan fingerprint density at radius 3 is 2.40 bits per heavy atom. The Hall–Kier alpha value is -1.11. The summed E-state index contributed by atoms with van der Waals surface area (Å²) in [5.41, 5.74) is 7.14. The highest BCUT2D eigenvalue weighted by Crippen LogP contribution is 2.17. The van der Waals surface area contributed by atoms with Crippen molar-refractivity contribution in [3.63, 3.8) is 0 Å². The van der Waals surface area contributed by atoms with Crippen LogP contribution in [0, 0.1) is 6.92 Å². The molecule has 0 spiro atoms. The third-order valence-corrected chi connectivity index (χ3v) is 4.93. The lowest BCUT2D eigenvalue weighted by Crippen LogP contribution is -2.41. The molecule has 1 aromatic rings. The maximum absolute atomic E-state index is 12.3. The molecule has 1 aromatic carbocycles. The van der Waals surface area contributed by atoms with Crippen molar-refractivity contribution in [2.45, 2.75) is 38.6 Å². The lowest BCUT2D eigenvalue weighted by Gasteiger charge is -2.23. The number of anilines is 1. The summed E-state index contributed by atoms with van der Waals surface area (Å²) < 4.78 is 27.3. The van der Waals surface area contributed by atoms with E-state index < -0.39 is 10.0 Å². The minimum Gasteiger partial charge on any atom is -0.398 e. The van der Waals surface area contributed by atoms with Crippen molar-refractivity contribution in [1.82, 2.24) is 9.62 Å². The zero-order valence-corrected chi connectivity index (χ0v) is 13.5. The molecule has 0 fully saturated rings. The molecule has 0 saturated heterocycles. The second-order valence-corrected chi connectivity index (χ2v) is 6.74. The van der Waals surface area contributed by atoms with Gasteiger partial charge in [-0.25, -0.2) is 13.1 Å². The molecule has 0 aromatic heterocycles. The van der Waals surface area contributed by atoms with E-state index in [0.29, 0.717) is 12.2 Å². The van der Waals surface area contributed by atoms with Crippen molar-refractivity contribution in [3.8, 4) is 0 Å². The average molecular weight is 299 g/mol. The van der Waals surface area contributed by atoms with Crippen LogP contribution in [0.4, 0.5) is 5.69 Å². The van der Waals surface area contributed by atoms with Gasteiger partial charge < -0.3 is 10.6 Å². The number of likely N-dealkylation sites (N-methyl/N-ethyl adjacent to an activating group) is 1. The predicted molar refractivity (Wildman–Crippen MR) is 83.2 cm³/mol. The van der Waals surface area contributed by atoms with Gasteiger partial charge in [0.15, 0.2) is 0 Å². The maximum Gasteiger partial charge on any atom is 0.240 e. The Balaban J connectivity index is 2.81. The van der Waals surface area contributed by atoms with E-state index in [-0.39, 0.29) is 10.9 Å². The Morgan fingerprint density at radius 2 is 1.90 bits per heavy atom. The Kier molecular flexibility index (Phi) is 5.98. The van der Waals surface area contributed by atoms with Gasteiger partial charge in [-0.2, -0.15) is 0 Å². The summed E-state index contributed by atoms with van der Waals surface area (Å²) >= 11 is 0. The predicted octanol–water partition coefficient (Wildman–Crippen LogP) is 1.59. The van der Waals surface area contributed by atoms with Crippen LogP contribution in [-0.4, -0.2) is 39.0 Å². The monoisotopic (exact) mass is 299 g/mol. The van der Waals surface area contributed by atoms with Crippen molar-refractivity contribution in [2.75, 3.05) is 25.4 Å². The fourth-order valence-corrected chi connectivity index (χ4v) is 3.29. The Bertz CT molecular complexity index is 539. The number of nitrogens with two attached hydrogens (primary N) is 1. The second-order valence-electron chi connectivity index (χ2n) is 5.03. The number of nitrogens with zero attached hydrogens (tertiary/aromatic N) is 1. The zero-order chi connectivity index (χ0) is 15.3. The topological polar surface area (TPSA) is 75.4 Å². The molecule has 0 amide bonds. The summed E-state index contributed by atoms with van der Waals surface area (Å²) in [6, 6.07) is 4.65. The van der Waals surface area contributed by atoms with E-state index in [4.69, 9.17) is 5.73 Å². The van der Waals surface area contributed by atoms with Crippen molar-refractivity contribution in [2.24, 2.45) is 0 Å². The first kappa shape index (κ1) is 16.9. The summed E-state index contributed by atoms with van der Waals surface area (Å²) in [6.45, 7) is 10.3. The number of rotatable bonds is 7. The normalized spacial score (nSPS) is 13.7. The lowest BCUT2D eigenvalue weighted by molar-refractivity contribution is 0.282. The number of hydrogen-bond acceptors (Lipinski definition) is 4. The molecule has 1 atom stereocenters. The fourth-order valence-electron chi connectivity index (χ4n) is 2.02. The first-order chi connectivity index (χ1) is 9.30. The Morgan fingerprint density at radius 1 is 1.30 bits per heavy atom. The fraction of sp³-hybridized carbons (Fsp3) is 0.571. The van der Waals surface area contributed by atoms with E-state index in [1.807, 2.05) is 13.8 Å². The Labute approximate surface area is 122 Å². The van der Waals surface area contributed by atoms with Crippen molar-refractivity contribution in [3.05, 3.63) is 23.8 Å². The molecule has 5 nitrogen and oxygen atoms in total. The molecule has 114 valence electrons. The third kappa shape index (κ3) is 4.47. The van der Waals surface area contributed by atoms with Gasteiger partial charge in [0.1, 0.15) is 0 Å². The minimum absolute atomic E-state index is 0.151. The number of nitrogens with one attached hydrogen (secondary N) is 1. The molecular weight excluding hydrogens is 274 g/mol. The first-order valence-corrected chi connectivity index (χ1v) is 8.39. The van der Waals surface area contributed by atoms with Crippen LogP contribution in [0.5, 0.6) is 0 Å². The number of aryl methyl sites for hydroxylation is 1. The highest BCUT2D eigenvalue weighted by atomic mass is 32.2. The largest absolute Gasteiger partial charge is 0.398 e. The summed E-state index contributed by atoms with van der Waals surface area (Å²) in [4.78, 5) is 2.39. The first-order valence-electron chi connectivity index (χ1n) is 6.91. The van der Waals surface area contributed by atoms with Gasteiger partial charge in [0, 0.05) is 18.3 Å². The van der Waals surface area contributed by atoms with E-state index in [0.717, 1.165) is 18.7 Å². The van der Waals surface area contributed by atoms with Crippen LogP contribution < -0.4 is 10.5 Å². The van der Waals surface area contributed by atoms with Crippen LogP contribution in [0.2, 0.25) is 0 Å². The molecule has 0 saturated carbocycles. The van der Waals surface area contributed by atoms with Gasteiger partial charge >= 0.3 is 0 Å². The van der Waals surface area contributed by atoms with Crippen molar-refractivity contribution < 1.29 is 8.42 Å². The van der Waals surface area contributed by atoms with E-state index in [9.17, 15) is 8.42 Å². The summed E-state index contributed by atoms with van der Waals surface area (Å²) in [5, 5.41) is 0. The molecule has 20 heavy (non-hydrogen) atoms. The van der Waals surface area contributed by atoms with Gasteiger partial charge in [-0.1, -0.05) is 19.9 Å². The highest BCUT2D eigenvalue weighted by molar-refractivity contribution is 7.89. The number of nitrogen functional groups attached to an aromatic ring is 1. The van der Waals surface area contributed by atoms with Gasteiger partial charge in [0.25, 0.3) is 0 Å². The van der Waals surface area contributed by atoms with Crippen LogP contribution in [0.3, 0.4) is 0 Å². The van der Waals surface area contributed by atoms with Gasteiger partial charge in [0.05, 0.1) is 4.90 Å². The number of hydrogen-bond donors (Lipinski definition) is 2. The molecule has 6 heteroatoms. The molecule has 3 N–H and O–H groups in total. The van der Waals surface area contributed by atoms with E-state index in [1.165, 1.54) is 6.07 Å². The summed E-state index contributed by atoms with van der Waals surface area (Å²) in [6.07, 6.45) is 0. The van der Waals surface area contributed by atoms with Crippen molar-refractivity contribution >= 4 is 15.7 Å². The molecule has 0 radical (unpaired) electrons. The standard InChI is InChI=1S/C14H25N3O2S/c1-5-17(6-2)10-12(4)16-20(18,19)13-8-7-11(3)14(15)9-13/h7-9,12,16H,5-6,10,15H2,1-4H3. The molecule has 1 unspecified atom stereocenters. The minimum atomic E-state index is -3.52. The van der Waals surface area contributed by atoms with Crippen LogP contribution in [0.15, 0.2) is 23.1 Å². The third-order valence-electron chi connectivity index (χ3n) is 3.34. The van der Waals surface area contributed by atoms with E-state index >= 15 is 0 Å².